The van der Waals surface area contributed by atoms with E-state index in [2.05, 4.69) is 5.32 Å². The monoisotopic (exact) mass is 311 g/mol. The first-order valence-electron chi connectivity index (χ1n) is 6.23. The van der Waals surface area contributed by atoms with Gasteiger partial charge in [-0.05, 0) is 25.1 Å². The van der Waals surface area contributed by atoms with Gasteiger partial charge in [-0.15, -0.1) is 0 Å². The number of benzene rings is 2. The number of nitrogens with one attached hydrogen (secondary N) is 1. The molecule has 1 N–H and O–H groups in total. The number of fused-ring (bicyclic) bond motifs is 1. The summed E-state index contributed by atoms with van der Waals surface area (Å²) in [5.41, 5.74) is 1.23. The fraction of sp³-hybridized carbons (Fsp3) is 0.200. The molecule has 3 rings (SSSR count). The molecule has 0 radical (unpaired) electrons. The van der Waals surface area contributed by atoms with Crippen molar-refractivity contribution in [3.63, 3.8) is 0 Å². The molecular formula is C15H12Cl2FNO. The molecule has 0 saturated carbocycles. The fourth-order valence-electron chi connectivity index (χ4n) is 2.38. The molecule has 0 fully saturated rings. The average molecular weight is 312 g/mol. The molecule has 0 aliphatic carbocycles. The van der Waals surface area contributed by atoms with Crippen LogP contribution < -0.4 is 10.1 Å². The summed E-state index contributed by atoms with van der Waals surface area (Å²) in [6.45, 7) is 1.93. The molecule has 0 amide bonds. The first-order chi connectivity index (χ1) is 9.56. The minimum absolute atomic E-state index is 0.103. The van der Waals surface area contributed by atoms with Crippen LogP contribution in [-0.2, 0) is 0 Å². The van der Waals surface area contributed by atoms with Crippen molar-refractivity contribution >= 4 is 28.9 Å². The van der Waals surface area contributed by atoms with Crippen LogP contribution in [0.1, 0.15) is 18.6 Å². The Bertz CT molecular complexity index is 662. The zero-order valence-corrected chi connectivity index (χ0v) is 12.2. The molecule has 2 atom stereocenters. The summed E-state index contributed by atoms with van der Waals surface area (Å²) in [5.74, 6) is 0.210. The lowest BCUT2D eigenvalue weighted by atomic mass is 10.0. The minimum atomic E-state index is -0.442. The van der Waals surface area contributed by atoms with E-state index < -0.39 is 6.10 Å². The van der Waals surface area contributed by atoms with Gasteiger partial charge >= 0.3 is 0 Å². The molecule has 0 saturated heterocycles. The van der Waals surface area contributed by atoms with Gasteiger partial charge < -0.3 is 10.1 Å². The second-order valence-corrected chi connectivity index (χ2v) is 5.60. The SMILES string of the molecule is CC1Nc2cc(Cl)cc(Cl)c2OC1c1ccccc1F. The van der Waals surface area contributed by atoms with Crippen molar-refractivity contribution in [1.29, 1.82) is 0 Å². The maximum atomic E-state index is 13.9. The van der Waals surface area contributed by atoms with E-state index in [4.69, 9.17) is 27.9 Å². The second-order valence-electron chi connectivity index (χ2n) is 4.76. The molecule has 2 nitrogen and oxygen atoms in total. The van der Waals surface area contributed by atoms with E-state index in [1.807, 2.05) is 6.92 Å². The van der Waals surface area contributed by atoms with Crippen LogP contribution in [0.5, 0.6) is 5.75 Å². The van der Waals surface area contributed by atoms with E-state index in [0.29, 0.717) is 21.4 Å². The number of halogens is 3. The smallest absolute Gasteiger partial charge is 0.162 e. The number of hydrogen-bond acceptors (Lipinski definition) is 2. The van der Waals surface area contributed by atoms with Crippen LogP contribution in [-0.4, -0.2) is 6.04 Å². The van der Waals surface area contributed by atoms with Gasteiger partial charge in [-0.25, -0.2) is 4.39 Å². The summed E-state index contributed by atoms with van der Waals surface area (Å²) in [4.78, 5) is 0. The second kappa shape index (κ2) is 5.15. The summed E-state index contributed by atoms with van der Waals surface area (Å²) >= 11 is 12.1. The number of anilines is 1. The van der Waals surface area contributed by atoms with Crippen LogP contribution in [0, 0.1) is 5.82 Å². The van der Waals surface area contributed by atoms with Crippen molar-refractivity contribution in [3.8, 4) is 5.75 Å². The first kappa shape index (κ1) is 13.5. The van der Waals surface area contributed by atoms with Crippen LogP contribution >= 0.6 is 23.2 Å². The lowest BCUT2D eigenvalue weighted by Gasteiger charge is -2.34. The van der Waals surface area contributed by atoms with Gasteiger partial charge in [0.15, 0.2) is 5.75 Å². The van der Waals surface area contributed by atoms with Crippen LogP contribution in [0.15, 0.2) is 36.4 Å². The van der Waals surface area contributed by atoms with E-state index in [0.717, 1.165) is 5.69 Å². The van der Waals surface area contributed by atoms with Crippen LogP contribution in [0.4, 0.5) is 10.1 Å². The standard InChI is InChI=1S/C15H12Cl2FNO/c1-8-14(10-4-2-3-5-12(10)18)20-15-11(17)6-9(16)7-13(15)19-8/h2-8,14,19H,1H3. The maximum absolute atomic E-state index is 13.9. The molecule has 2 unspecified atom stereocenters. The Morgan fingerprint density at radius 1 is 1.20 bits per heavy atom. The quantitative estimate of drug-likeness (QED) is 0.794. The molecule has 1 aliphatic heterocycles. The van der Waals surface area contributed by atoms with Gasteiger partial charge in [0.05, 0.1) is 16.8 Å². The molecule has 104 valence electrons. The molecule has 20 heavy (non-hydrogen) atoms. The Morgan fingerprint density at radius 3 is 2.70 bits per heavy atom. The van der Waals surface area contributed by atoms with E-state index in [9.17, 15) is 4.39 Å². The predicted molar refractivity (Wildman–Crippen MR) is 79.3 cm³/mol. The van der Waals surface area contributed by atoms with Gasteiger partial charge in [0.2, 0.25) is 0 Å². The van der Waals surface area contributed by atoms with Crippen LogP contribution in [0.3, 0.4) is 0 Å². The van der Waals surface area contributed by atoms with Gasteiger partial charge in [0, 0.05) is 10.6 Å². The molecule has 2 aromatic carbocycles. The van der Waals surface area contributed by atoms with E-state index in [-0.39, 0.29) is 11.9 Å². The topological polar surface area (TPSA) is 21.3 Å². The fourth-order valence-corrected chi connectivity index (χ4v) is 2.91. The van der Waals surface area contributed by atoms with Crippen molar-refractivity contribution in [2.24, 2.45) is 0 Å². The highest BCUT2D eigenvalue weighted by Crippen LogP contribution is 2.44. The van der Waals surface area contributed by atoms with E-state index >= 15 is 0 Å². The summed E-state index contributed by atoms with van der Waals surface area (Å²) < 4.78 is 19.8. The van der Waals surface area contributed by atoms with E-state index in [1.165, 1.54) is 6.07 Å². The molecule has 0 aromatic heterocycles. The van der Waals surface area contributed by atoms with Crippen molar-refractivity contribution in [3.05, 3.63) is 57.8 Å². The lowest BCUT2D eigenvalue weighted by molar-refractivity contribution is 0.173. The molecule has 1 aliphatic rings. The lowest BCUT2D eigenvalue weighted by Crippen LogP contribution is -2.33. The molecular weight excluding hydrogens is 300 g/mol. The Kier molecular flexibility index (Phi) is 3.48. The minimum Gasteiger partial charge on any atom is -0.480 e. The van der Waals surface area contributed by atoms with Crippen molar-refractivity contribution < 1.29 is 9.13 Å². The normalized spacial score (nSPS) is 20.8. The summed E-state index contributed by atoms with van der Waals surface area (Å²) in [6, 6.07) is 9.83. The molecule has 2 aromatic rings. The Hall–Kier alpha value is -1.45. The summed E-state index contributed by atoms with van der Waals surface area (Å²) in [7, 11) is 0. The Balaban J connectivity index is 2.03. The zero-order valence-electron chi connectivity index (χ0n) is 10.7. The third kappa shape index (κ3) is 2.32. The van der Waals surface area contributed by atoms with Crippen LogP contribution in [0.25, 0.3) is 0 Å². The van der Waals surface area contributed by atoms with E-state index in [1.54, 1.807) is 30.3 Å². The third-order valence-corrected chi connectivity index (χ3v) is 3.80. The van der Waals surface area contributed by atoms with Gasteiger partial charge in [0.25, 0.3) is 0 Å². The summed E-state index contributed by atoms with van der Waals surface area (Å²) in [6.07, 6.45) is -0.442. The van der Waals surface area contributed by atoms with Gasteiger partial charge in [-0.2, -0.15) is 0 Å². The Morgan fingerprint density at radius 2 is 1.95 bits per heavy atom. The predicted octanol–water partition coefficient (Wildman–Crippen LogP) is 5.07. The third-order valence-electron chi connectivity index (χ3n) is 3.30. The van der Waals surface area contributed by atoms with Crippen molar-refractivity contribution in [2.75, 3.05) is 5.32 Å². The molecule has 1 heterocycles. The van der Waals surface area contributed by atoms with Gasteiger partial charge in [-0.1, -0.05) is 41.4 Å². The highest BCUT2D eigenvalue weighted by Gasteiger charge is 2.31. The van der Waals surface area contributed by atoms with Crippen molar-refractivity contribution in [1.82, 2.24) is 0 Å². The Labute approximate surface area is 126 Å². The van der Waals surface area contributed by atoms with Gasteiger partial charge in [0.1, 0.15) is 11.9 Å². The molecule has 0 bridgehead atoms. The summed E-state index contributed by atoms with van der Waals surface area (Å²) in [5, 5.41) is 4.20. The average Bonchev–Trinajstić information content (AvgIpc) is 2.39. The number of ether oxygens (including phenoxy) is 1. The number of hydrogen-bond donors (Lipinski definition) is 1. The molecule has 0 spiro atoms. The van der Waals surface area contributed by atoms with Gasteiger partial charge in [-0.3, -0.25) is 0 Å². The largest absolute Gasteiger partial charge is 0.480 e. The van der Waals surface area contributed by atoms with Crippen LogP contribution in [0.2, 0.25) is 10.0 Å². The first-order valence-corrected chi connectivity index (χ1v) is 6.98. The highest BCUT2D eigenvalue weighted by atomic mass is 35.5. The maximum Gasteiger partial charge on any atom is 0.162 e. The molecule has 5 heteroatoms. The number of rotatable bonds is 1. The van der Waals surface area contributed by atoms with Crippen molar-refractivity contribution in [2.45, 2.75) is 19.1 Å². The zero-order chi connectivity index (χ0) is 14.3. The highest BCUT2D eigenvalue weighted by molar-refractivity contribution is 6.36.